The molecule has 102 valence electrons. The van der Waals surface area contributed by atoms with E-state index in [4.69, 9.17) is 11.6 Å². The van der Waals surface area contributed by atoms with Crippen LogP contribution in [0.1, 0.15) is 84.5 Å². The van der Waals surface area contributed by atoms with Gasteiger partial charge in [0.15, 0.2) is 0 Å². The number of halogens is 1. The Hall–Kier alpha value is 0.0300. The number of alkyl halides is 1. The van der Waals surface area contributed by atoms with Gasteiger partial charge in [-0.1, -0.05) is 64.0 Å². The molecule has 0 aromatic carbocycles. The third-order valence-corrected chi connectivity index (χ3v) is 3.68. The lowest BCUT2D eigenvalue weighted by molar-refractivity contribution is 0.554. The van der Waals surface area contributed by atoms with Crippen LogP contribution in [-0.4, -0.2) is 5.38 Å². The molecule has 1 heteroatoms. The number of hydrogen-bond donors (Lipinski definition) is 0. The van der Waals surface area contributed by atoms with Crippen molar-refractivity contribution >= 4 is 11.6 Å². The highest BCUT2D eigenvalue weighted by atomic mass is 35.5. The van der Waals surface area contributed by atoms with Crippen molar-refractivity contribution in [3.8, 4) is 0 Å². The van der Waals surface area contributed by atoms with E-state index in [2.05, 4.69) is 26.0 Å². The molecule has 0 nitrogen and oxygen atoms in total. The zero-order valence-electron chi connectivity index (χ0n) is 11.9. The summed E-state index contributed by atoms with van der Waals surface area (Å²) in [6.45, 7) is 4.35. The molecule has 0 heterocycles. The minimum Gasteiger partial charge on any atom is -0.123 e. The Morgan fingerprint density at radius 1 is 0.882 bits per heavy atom. The second-order valence-electron chi connectivity index (χ2n) is 5.01. The van der Waals surface area contributed by atoms with E-state index in [-0.39, 0.29) is 0 Å². The smallest absolute Gasteiger partial charge is 0.0336 e. The molecule has 0 fully saturated rings. The molecule has 0 aliphatic rings. The fourth-order valence-corrected chi connectivity index (χ4v) is 2.40. The van der Waals surface area contributed by atoms with E-state index in [1.165, 1.54) is 70.6 Å². The molecule has 1 atom stereocenters. The molecule has 17 heavy (non-hydrogen) atoms. The summed E-state index contributed by atoms with van der Waals surface area (Å²) in [5.74, 6) is 0. The fourth-order valence-electron chi connectivity index (χ4n) is 2.09. The van der Waals surface area contributed by atoms with Crippen LogP contribution in [-0.2, 0) is 0 Å². The molecule has 0 aromatic heterocycles. The van der Waals surface area contributed by atoms with Crippen LogP contribution in [0.3, 0.4) is 0 Å². The van der Waals surface area contributed by atoms with E-state index in [1.54, 1.807) is 0 Å². The molecule has 1 unspecified atom stereocenters. The molecule has 0 bridgehead atoms. The van der Waals surface area contributed by atoms with E-state index in [0.717, 1.165) is 0 Å². The summed E-state index contributed by atoms with van der Waals surface area (Å²) in [5.41, 5.74) is 0. The van der Waals surface area contributed by atoms with Gasteiger partial charge in [-0.3, -0.25) is 0 Å². The summed E-state index contributed by atoms with van der Waals surface area (Å²) in [7, 11) is 0. The van der Waals surface area contributed by atoms with Crippen LogP contribution in [0.2, 0.25) is 0 Å². The van der Waals surface area contributed by atoms with Crippen molar-refractivity contribution < 1.29 is 0 Å². The Labute approximate surface area is 114 Å². The van der Waals surface area contributed by atoms with Crippen LogP contribution < -0.4 is 0 Å². The molecule has 0 saturated heterocycles. The van der Waals surface area contributed by atoms with Crippen LogP contribution in [0.5, 0.6) is 0 Å². The largest absolute Gasteiger partial charge is 0.123 e. The van der Waals surface area contributed by atoms with Crippen LogP contribution in [0.25, 0.3) is 0 Å². The Morgan fingerprint density at radius 3 is 2.12 bits per heavy atom. The first kappa shape index (κ1) is 17.0. The summed E-state index contributed by atoms with van der Waals surface area (Å²) in [4.78, 5) is 0. The van der Waals surface area contributed by atoms with E-state index in [1.807, 2.05) is 0 Å². The van der Waals surface area contributed by atoms with Gasteiger partial charge in [0.05, 0.1) is 0 Å². The summed E-state index contributed by atoms with van der Waals surface area (Å²) in [5, 5.41) is 0.413. The third-order valence-electron chi connectivity index (χ3n) is 3.24. The normalized spacial score (nSPS) is 13.4. The van der Waals surface area contributed by atoms with Gasteiger partial charge in [0, 0.05) is 5.38 Å². The molecular formula is C16H31Cl. The predicted octanol–water partition coefficient (Wildman–Crippen LogP) is 6.48. The van der Waals surface area contributed by atoms with Crippen molar-refractivity contribution in [2.45, 2.75) is 89.9 Å². The number of rotatable bonds is 12. The zero-order chi connectivity index (χ0) is 12.8. The first-order chi connectivity index (χ1) is 8.31. The molecule has 0 saturated carbocycles. The Morgan fingerprint density at radius 2 is 1.47 bits per heavy atom. The second-order valence-corrected chi connectivity index (χ2v) is 5.62. The van der Waals surface area contributed by atoms with Gasteiger partial charge in [0.25, 0.3) is 0 Å². The van der Waals surface area contributed by atoms with E-state index < -0.39 is 0 Å². The monoisotopic (exact) mass is 258 g/mol. The quantitative estimate of drug-likeness (QED) is 0.213. The third kappa shape index (κ3) is 14.0. The Balaban J connectivity index is 3.13. The zero-order valence-corrected chi connectivity index (χ0v) is 12.6. The highest BCUT2D eigenvalue weighted by Gasteiger charge is 2.03. The van der Waals surface area contributed by atoms with Crippen LogP contribution in [0, 0.1) is 0 Å². The maximum atomic E-state index is 6.30. The van der Waals surface area contributed by atoms with Gasteiger partial charge < -0.3 is 0 Å². The second kappa shape index (κ2) is 14.1. The van der Waals surface area contributed by atoms with Gasteiger partial charge in [-0.25, -0.2) is 0 Å². The lowest BCUT2D eigenvalue weighted by Gasteiger charge is -2.08. The molecular weight excluding hydrogens is 228 g/mol. The first-order valence-corrected chi connectivity index (χ1v) is 8.00. The molecule has 0 spiro atoms. The fraction of sp³-hybridized carbons (Fsp3) is 0.875. The van der Waals surface area contributed by atoms with Crippen molar-refractivity contribution in [3.05, 3.63) is 12.2 Å². The number of unbranched alkanes of at least 4 members (excludes halogenated alkanes) is 7. The SMILES string of the molecule is CC=CCCCC(Cl)CCCCCCCCC. The average Bonchev–Trinajstić information content (AvgIpc) is 2.33. The number of hydrogen-bond acceptors (Lipinski definition) is 0. The van der Waals surface area contributed by atoms with Gasteiger partial charge in [0.2, 0.25) is 0 Å². The van der Waals surface area contributed by atoms with Crippen molar-refractivity contribution in [2.24, 2.45) is 0 Å². The van der Waals surface area contributed by atoms with Gasteiger partial charge >= 0.3 is 0 Å². The van der Waals surface area contributed by atoms with Crippen molar-refractivity contribution in [1.29, 1.82) is 0 Å². The number of allylic oxidation sites excluding steroid dienone is 2. The minimum atomic E-state index is 0.413. The predicted molar refractivity (Wildman–Crippen MR) is 80.9 cm³/mol. The molecule has 0 aliphatic heterocycles. The first-order valence-electron chi connectivity index (χ1n) is 7.56. The van der Waals surface area contributed by atoms with Gasteiger partial charge in [-0.05, 0) is 32.6 Å². The molecule has 0 aromatic rings. The topological polar surface area (TPSA) is 0 Å². The maximum Gasteiger partial charge on any atom is 0.0336 e. The summed E-state index contributed by atoms with van der Waals surface area (Å²) < 4.78 is 0. The lowest BCUT2D eigenvalue weighted by Crippen LogP contribution is -1.98. The highest BCUT2D eigenvalue weighted by molar-refractivity contribution is 6.20. The Bertz CT molecular complexity index is 163. The van der Waals surface area contributed by atoms with Gasteiger partial charge in [0.1, 0.15) is 0 Å². The van der Waals surface area contributed by atoms with Crippen molar-refractivity contribution in [1.82, 2.24) is 0 Å². The standard InChI is InChI=1S/C16H31Cl/c1-3-5-7-9-10-11-13-15-16(17)14-12-8-6-4-2/h4,6,16H,3,5,7-15H2,1-2H3. The summed E-state index contributed by atoms with van der Waals surface area (Å²) in [6, 6.07) is 0. The van der Waals surface area contributed by atoms with Gasteiger partial charge in [-0.15, -0.1) is 11.6 Å². The van der Waals surface area contributed by atoms with Crippen molar-refractivity contribution in [2.75, 3.05) is 0 Å². The maximum absolute atomic E-state index is 6.30. The van der Waals surface area contributed by atoms with E-state index >= 15 is 0 Å². The summed E-state index contributed by atoms with van der Waals surface area (Å²) in [6.07, 6.45) is 18.9. The van der Waals surface area contributed by atoms with Crippen LogP contribution in [0.15, 0.2) is 12.2 Å². The highest BCUT2D eigenvalue weighted by Crippen LogP contribution is 2.16. The van der Waals surface area contributed by atoms with Crippen LogP contribution in [0.4, 0.5) is 0 Å². The summed E-state index contributed by atoms with van der Waals surface area (Å²) >= 11 is 6.30. The Kier molecular flexibility index (Phi) is 14.1. The van der Waals surface area contributed by atoms with Gasteiger partial charge in [-0.2, -0.15) is 0 Å². The molecule has 0 rings (SSSR count). The lowest BCUT2D eigenvalue weighted by atomic mass is 10.0. The molecule has 0 aliphatic carbocycles. The van der Waals surface area contributed by atoms with Crippen LogP contribution >= 0.6 is 11.6 Å². The van der Waals surface area contributed by atoms with E-state index in [9.17, 15) is 0 Å². The van der Waals surface area contributed by atoms with Crippen molar-refractivity contribution in [3.63, 3.8) is 0 Å². The van der Waals surface area contributed by atoms with E-state index in [0.29, 0.717) is 5.38 Å². The minimum absolute atomic E-state index is 0.413. The molecule has 0 N–H and O–H groups in total. The molecule has 0 amide bonds. The average molecular weight is 259 g/mol. The molecule has 0 radical (unpaired) electrons.